The lowest BCUT2D eigenvalue weighted by Crippen LogP contribution is -2.29. The van der Waals surface area contributed by atoms with Crippen molar-refractivity contribution in [2.24, 2.45) is 0 Å². The van der Waals surface area contributed by atoms with Crippen molar-refractivity contribution in [2.75, 3.05) is 6.54 Å². The van der Waals surface area contributed by atoms with Gasteiger partial charge in [-0.25, -0.2) is 4.98 Å². The zero-order valence-electron chi connectivity index (χ0n) is 19.8. The number of benzene rings is 3. The minimum Gasteiger partial charge on any atom is -0.481 e. The summed E-state index contributed by atoms with van der Waals surface area (Å²) in [5.74, 6) is -1.16. The van der Waals surface area contributed by atoms with Crippen molar-refractivity contribution < 1.29 is 14.7 Å². The van der Waals surface area contributed by atoms with Crippen molar-refractivity contribution >= 4 is 50.3 Å². The second-order valence-electron chi connectivity index (χ2n) is 8.70. The maximum Gasteiger partial charge on any atom is 0.303 e. The van der Waals surface area contributed by atoms with E-state index in [9.17, 15) is 9.59 Å². The van der Waals surface area contributed by atoms with E-state index in [0.29, 0.717) is 30.0 Å². The number of carboxylic acid groups (broad SMARTS) is 1. The van der Waals surface area contributed by atoms with E-state index >= 15 is 0 Å². The first-order chi connectivity index (χ1) is 17.3. The zero-order chi connectivity index (χ0) is 25.7. The van der Waals surface area contributed by atoms with Crippen molar-refractivity contribution in [2.45, 2.75) is 32.1 Å². The predicted octanol–water partition coefficient (Wildman–Crippen LogP) is 7.39. The number of aromatic nitrogens is 1. The van der Waals surface area contributed by atoms with Crippen LogP contribution in [0.1, 0.15) is 46.7 Å². The van der Waals surface area contributed by atoms with Gasteiger partial charge in [-0.2, -0.15) is 0 Å². The van der Waals surface area contributed by atoms with Crippen molar-refractivity contribution in [3.8, 4) is 11.3 Å². The average Bonchev–Trinajstić information content (AvgIpc) is 2.86. The molecule has 0 aliphatic rings. The van der Waals surface area contributed by atoms with Gasteiger partial charge in [-0.05, 0) is 55.2 Å². The summed E-state index contributed by atoms with van der Waals surface area (Å²) in [6.07, 6.45) is 1.15. The van der Waals surface area contributed by atoms with Crippen molar-refractivity contribution in [1.82, 2.24) is 10.3 Å². The molecule has 7 heteroatoms. The van der Waals surface area contributed by atoms with E-state index in [0.717, 1.165) is 37.8 Å². The number of fused-ring (bicyclic) bond motifs is 1. The lowest BCUT2D eigenvalue weighted by Gasteiger charge is -2.20. The Morgan fingerprint density at radius 3 is 2.50 bits per heavy atom. The van der Waals surface area contributed by atoms with Gasteiger partial charge < -0.3 is 10.4 Å². The first-order valence-corrected chi connectivity index (χ1v) is 12.9. The number of carboxylic acids is 1. The molecule has 1 atom stereocenters. The lowest BCUT2D eigenvalue weighted by molar-refractivity contribution is -0.137. The van der Waals surface area contributed by atoms with Gasteiger partial charge in [0.15, 0.2) is 0 Å². The van der Waals surface area contributed by atoms with E-state index in [1.54, 1.807) is 0 Å². The maximum atomic E-state index is 13.7. The fraction of sp³-hybridized carbons (Fsp3) is 0.207. The first kappa shape index (κ1) is 25.9. The molecule has 0 saturated heterocycles. The van der Waals surface area contributed by atoms with Crippen LogP contribution < -0.4 is 5.32 Å². The van der Waals surface area contributed by atoms with Crippen LogP contribution in [0.5, 0.6) is 0 Å². The molecule has 0 saturated carbocycles. The zero-order valence-corrected chi connectivity index (χ0v) is 22.1. The molecule has 0 fully saturated rings. The van der Waals surface area contributed by atoms with Crippen molar-refractivity contribution in [1.29, 1.82) is 0 Å². The molecule has 0 aliphatic carbocycles. The van der Waals surface area contributed by atoms with E-state index in [1.807, 2.05) is 79.7 Å². The van der Waals surface area contributed by atoms with E-state index in [4.69, 9.17) is 21.7 Å². The summed E-state index contributed by atoms with van der Waals surface area (Å²) < 4.78 is 0.861. The summed E-state index contributed by atoms with van der Waals surface area (Å²) in [6, 6.07) is 23.0. The highest BCUT2D eigenvalue weighted by molar-refractivity contribution is 9.10. The second-order valence-corrected chi connectivity index (χ2v) is 10.0. The Morgan fingerprint density at radius 2 is 1.78 bits per heavy atom. The van der Waals surface area contributed by atoms with Crippen LogP contribution in [0.2, 0.25) is 5.02 Å². The summed E-state index contributed by atoms with van der Waals surface area (Å²) >= 11 is 9.98. The monoisotopic (exact) mass is 564 g/mol. The van der Waals surface area contributed by atoms with Gasteiger partial charge in [0, 0.05) is 39.3 Å². The van der Waals surface area contributed by atoms with E-state index in [-0.39, 0.29) is 18.2 Å². The second kappa shape index (κ2) is 11.7. The Morgan fingerprint density at radius 1 is 1.06 bits per heavy atom. The Bertz CT molecular complexity index is 1410. The van der Waals surface area contributed by atoms with Gasteiger partial charge in [-0.1, -0.05) is 76.1 Å². The summed E-state index contributed by atoms with van der Waals surface area (Å²) in [6.45, 7) is 2.25. The number of aliphatic carboxylic acids is 1. The van der Waals surface area contributed by atoms with Gasteiger partial charge in [0.25, 0.3) is 5.91 Å². The quantitative estimate of drug-likeness (QED) is 0.222. The molecule has 1 amide bonds. The van der Waals surface area contributed by atoms with Crippen LogP contribution in [0.3, 0.4) is 0 Å². The minimum absolute atomic E-state index is 0.0669. The Kier molecular flexibility index (Phi) is 8.39. The third-order valence-electron chi connectivity index (χ3n) is 6.26. The molecule has 2 N–H and O–H groups in total. The number of amides is 1. The average molecular weight is 566 g/mol. The minimum atomic E-state index is -0.838. The number of nitrogens with zero attached hydrogens (tertiary/aromatic N) is 1. The van der Waals surface area contributed by atoms with Gasteiger partial charge in [0.1, 0.15) is 0 Å². The summed E-state index contributed by atoms with van der Waals surface area (Å²) in [5.41, 5.74) is 4.70. The Labute approximate surface area is 223 Å². The highest BCUT2D eigenvalue weighted by Gasteiger charge is 2.22. The summed E-state index contributed by atoms with van der Waals surface area (Å²) in [4.78, 5) is 29.6. The number of halogens is 2. The number of hydrogen-bond donors (Lipinski definition) is 2. The number of hydrogen-bond acceptors (Lipinski definition) is 3. The topological polar surface area (TPSA) is 79.3 Å². The number of nitrogens with one attached hydrogen (secondary N) is 1. The molecule has 0 aliphatic heterocycles. The van der Waals surface area contributed by atoms with Crippen LogP contribution in [0.25, 0.3) is 22.2 Å². The molecular weight excluding hydrogens is 540 g/mol. The molecule has 184 valence electrons. The maximum absolute atomic E-state index is 13.7. The van der Waals surface area contributed by atoms with Crippen LogP contribution in [0, 0.1) is 6.92 Å². The normalized spacial score (nSPS) is 11.9. The number of carbonyl (C=O) groups is 2. The van der Waals surface area contributed by atoms with Gasteiger partial charge >= 0.3 is 5.97 Å². The van der Waals surface area contributed by atoms with Gasteiger partial charge in [0.2, 0.25) is 0 Å². The number of pyridine rings is 1. The van der Waals surface area contributed by atoms with Gasteiger partial charge in [0.05, 0.1) is 16.8 Å². The lowest BCUT2D eigenvalue weighted by atomic mass is 9.92. The fourth-order valence-corrected chi connectivity index (χ4v) is 5.13. The summed E-state index contributed by atoms with van der Waals surface area (Å²) in [7, 11) is 0. The standard InChI is InChI=1S/C29H26BrClN2O3/c1-18-27(23-16-21(30)14-15-25(23)33-28(18)19-8-3-2-4-9-19)29(36)32-17-20(10-7-13-26(34)35)22-11-5-6-12-24(22)31/h2-6,8-9,11-12,14-16,20H,7,10,13,17H2,1H3,(H,32,36)(H,34,35)/t20-/m0/s1. The molecule has 4 aromatic rings. The van der Waals surface area contributed by atoms with Crippen LogP contribution in [0.4, 0.5) is 0 Å². The third-order valence-corrected chi connectivity index (χ3v) is 7.10. The van der Waals surface area contributed by atoms with Gasteiger partial charge in [-0.15, -0.1) is 0 Å². The molecular formula is C29H26BrClN2O3. The Hall–Kier alpha value is -3.22. The van der Waals surface area contributed by atoms with Crippen molar-refractivity contribution in [3.63, 3.8) is 0 Å². The third kappa shape index (κ3) is 5.94. The molecule has 1 heterocycles. The van der Waals surface area contributed by atoms with Gasteiger partial charge in [-0.3, -0.25) is 9.59 Å². The summed E-state index contributed by atoms with van der Waals surface area (Å²) in [5, 5.41) is 13.6. The molecule has 0 radical (unpaired) electrons. The van der Waals surface area contributed by atoms with Crippen LogP contribution in [0.15, 0.2) is 77.3 Å². The predicted molar refractivity (Wildman–Crippen MR) is 148 cm³/mol. The highest BCUT2D eigenvalue weighted by Crippen LogP contribution is 2.32. The smallest absolute Gasteiger partial charge is 0.303 e. The first-order valence-electron chi connectivity index (χ1n) is 11.7. The van der Waals surface area contributed by atoms with E-state index < -0.39 is 5.97 Å². The molecule has 5 nitrogen and oxygen atoms in total. The Balaban J connectivity index is 1.69. The number of rotatable bonds is 9. The molecule has 0 spiro atoms. The molecule has 1 aromatic heterocycles. The molecule has 0 unspecified atom stereocenters. The van der Waals surface area contributed by atoms with Crippen molar-refractivity contribution in [3.05, 3.63) is 99.0 Å². The molecule has 36 heavy (non-hydrogen) atoms. The molecule has 4 rings (SSSR count). The largest absolute Gasteiger partial charge is 0.481 e. The fourth-order valence-electron chi connectivity index (χ4n) is 4.48. The highest BCUT2D eigenvalue weighted by atomic mass is 79.9. The van der Waals surface area contributed by atoms with Crippen LogP contribution in [-0.4, -0.2) is 28.5 Å². The number of carbonyl (C=O) groups excluding carboxylic acids is 1. The van der Waals surface area contributed by atoms with E-state index in [1.165, 1.54) is 0 Å². The molecule has 0 bridgehead atoms. The SMILES string of the molecule is Cc1c(-c2ccccc2)nc2ccc(Br)cc2c1C(=O)NC[C@H](CCCC(=O)O)c1ccccc1Cl. The van der Waals surface area contributed by atoms with Crippen LogP contribution >= 0.6 is 27.5 Å². The van der Waals surface area contributed by atoms with Crippen LogP contribution in [-0.2, 0) is 4.79 Å². The molecule has 3 aromatic carbocycles. The van der Waals surface area contributed by atoms with E-state index in [2.05, 4.69) is 21.2 Å².